The summed E-state index contributed by atoms with van der Waals surface area (Å²) in [5, 5.41) is 34.9. The molecule has 10 N–H and O–H groups in total. The van der Waals surface area contributed by atoms with Gasteiger partial charge < -0.3 is 42.7 Å². The quantitative estimate of drug-likeness (QED) is 0.0837. The van der Waals surface area contributed by atoms with E-state index < -0.39 is 60.2 Å². The van der Waals surface area contributed by atoms with E-state index in [1.54, 1.807) is 12.1 Å². The van der Waals surface area contributed by atoms with Crippen molar-refractivity contribution in [2.45, 2.75) is 62.7 Å². The number of carbonyl (C=O) groups is 5. The molecule has 0 bridgehead atoms. The molecule has 1 aromatic carbocycles. The van der Waals surface area contributed by atoms with E-state index in [0.717, 1.165) is 0 Å². The molecular weight excluding hydrogens is 506 g/mol. The summed E-state index contributed by atoms with van der Waals surface area (Å²) in [5.41, 5.74) is 12.1. The number of amides is 3. The molecule has 206 valence electrons. The van der Waals surface area contributed by atoms with E-state index >= 15 is 0 Å². The smallest absolute Gasteiger partial charge is 0.327 e. The van der Waals surface area contributed by atoms with Gasteiger partial charge in [0.1, 0.15) is 23.9 Å². The van der Waals surface area contributed by atoms with Crippen molar-refractivity contribution in [1.29, 1.82) is 0 Å². The SMILES string of the molecule is NCCCCC(NC(=O)C(CCC(=O)O)NC(=O)C(N)Cc1ccc(O)cc1)C(=O)NC(CS)C(=O)O. The van der Waals surface area contributed by atoms with Crippen LogP contribution in [0, 0.1) is 0 Å². The second-order valence-electron chi connectivity index (χ2n) is 8.40. The van der Waals surface area contributed by atoms with Gasteiger partial charge >= 0.3 is 11.9 Å². The molecule has 0 aromatic heterocycles. The summed E-state index contributed by atoms with van der Waals surface area (Å²) in [6.45, 7) is 0.340. The first-order valence-corrected chi connectivity index (χ1v) is 12.3. The van der Waals surface area contributed by atoms with Gasteiger partial charge in [-0.3, -0.25) is 19.2 Å². The van der Waals surface area contributed by atoms with Gasteiger partial charge in [-0.05, 0) is 56.3 Å². The number of phenols is 1. The van der Waals surface area contributed by atoms with Gasteiger partial charge in [-0.25, -0.2) is 4.79 Å². The fourth-order valence-corrected chi connectivity index (χ4v) is 3.53. The Morgan fingerprint density at radius 1 is 0.838 bits per heavy atom. The second kappa shape index (κ2) is 16.4. The number of aliphatic carboxylic acids is 2. The number of carboxylic acid groups (broad SMARTS) is 2. The average Bonchev–Trinajstić information content (AvgIpc) is 2.85. The molecule has 0 radical (unpaired) electrons. The Morgan fingerprint density at radius 2 is 1.38 bits per heavy atom. The molecule has 37 heavy (non-hydrogen) atoms. The highest BCUT2D eigenvalue weighted by Crippen LogP contribution is 2.11. The molecule has 13 nitrogen and oxygen atoms in total. The minimum Gasteiger partial charge on any atom is -0.508 e. The third kappa shape index (κ3) is 11.9. The van der Waals surface area contributed by atoms with Gasteiger partial charge in [0.05, 0.1) is 6.04 Å². The average molecular weight is 542 g/mol. The standard InChI is InChI=1S/C23H35N5O8S/c24-10-2-1-3-16(21(33)28-18(12-37)23(35)36)27-22(34)17(8-9-19(30)31)26-20(32)15(25)11-13-4-6-14(29)7-5-13/h4-7,15-18,29,37H,1-3,8-12,24-25H2,(H,26,32)(H,27,34)(H,28,33)(H,30,31)(H,35,36). The third-order valence-electron chi connectivity index (χ3n) is 5.39. The van der Waals surface area contributed by atoms with Crippen molar-refractivity contribution in [1.82, 2.24) is 16.0 Å². The lowest BCUT2D eigenvalue weighted by atomic mass is 10.0. The van der Waals surface area contributed by atoms with Crippen molar-refractivity contribution >= 4 is 42.3 Å². The molecule has 1 aromatic rings. The summed E-state index contributed by atoms with van der Waals surface area (Å²) in [6, 6.07) is 1.18. The third-order valence-corrected chi connectivity index (χ3v) is 5.75. The molecule has 0 saturated carbocycles. The predicted molar refractivity (Wildman–Crippen MR) is 137 cm³/mol. The van der Waals surface area contributed by atoms with Crippen molar-refractivity contribution in [3.63, 3.8) is 0 Å². The zero-order valence-electron chi connectivity index (χ0n) is 20.3. The van der Waals surface area contributed by atoms with Crippen LogP contribution >= 0.6 is 12.6 Å². The van der Waals surface area contributed by atoms with Crippen LogP contribution in [0.2, 0.25) is 0 Å². The van der Waals surface area contributed by atoms with Crippen molar-refractivity contribution in [2.75, 3.05) is 12.3 Å². The van der Waals surface area contributed by atoms with Crippen molar-refractivity contribution in [2.24, 2.45) is 11.5 Å². The Kier molecular flexibility index (Phi) is 14.0. The van der Waals surface area contributed by atoms with Gasteiger partial charge in [0.15, 0.2) is 0 Å². The summed E-state index contributed by atoms with van der Waals surface area (Å²) >= 11 is 3.90. The van der Waals surface area contributed by atoms with Crippen LogP contribution in [0.15, 0.2) is 24.3 Å². The zero-order chi connectivity index (χ0) is 28.0. The number of thiol groups is 1. The number of carbonyl (C=O) groups excluding carboxylic acids is 3. The molecule has 3 amide bonds. The van der Waals surface area contributed by atoms with Crippen LogP contribution in [0.3, 0.4) is 0 Å². The molecule has 0 aliphatic heterocycles. The lowest BCUT2D eigenvalue weighted by Gasteiger charge is -2.25. The molecular formula is C23H35N5O8S. The Hall–Kier alpha value is -3.36. The minimum absolute atomic E-state index is 0.0428. The molecule has 0 aliphatic rings. The first-order valence-electron chi connectivity index (χ1n) is 11.7. The minimum atomic E-state index is -1.32. The maximum Gasteiger partial charge on any atom is 0.327 e. The Morgan fingerprint density at radius 3 is 1.89 bits per heavy atom. The maximum atomic E-state index is 13.0. The number of rotatable bonds is 17. The van der Waals surface area contributed by atoms with Crippen LogP contribution in [0.4, 0.5) is 0 Å². The number of nitrogens with one attached hydrogen (secondary N) is 3. The normalized spacial score (nSPS) is 14.0. The van der Waals surface area contributed by atoms with Gasteiger partial charge in [-0.1, -0.05) is 12.1 Å². The Balaban J connectivity index is 2.97. The van der Waals surface area contributed by atoms with Gasteiger partial charge in [-0.2, -0.15) is 12.6 Å². The summed E-state index contributed by atoms with van der Waals surface area (Å²) in [7, 11) is 0. The van der Waals surface area contributed by atoms with E-state index in [-0.39, 0.29) is 30.8 Å². The fourth-order valence-electron chi connectivity index (χ4n) is 3.29. The molecule has 0 heterocycles. The maximum absolute atomic E-state index is 13.0. The Labute approximate surface area is 219 Å². The largest absolute Gasteiger partial charge is 0.508 e. The topological polar surface area (TPSA) is 234 Å². The highest BCUT2D eigenvalue weighted by atomic mass is 32.1. The molecule has 14 heteroatoms. The van der Waals surface area contributed by atoms with Crippen LogP contribution in [-0.4, -0.2) is 81.4 Å². The van der Waals surface area contributed by atoms with Crippen molar-refractivity contribution in [3.05, 3.63) is 29.8 Å². The van der Waals surface area contributed by atoms with Gasteiger partial charge in [0, 0.05) is 12.2 Å². The van der Waals surface area contributed by atoms with Crippen LogP contribution in [0.1, 0.15) is 37.7 Å². The lowest BCUT2D eigenvalue weighted by molar-refractivity contribution is -0.141. The van der Waals surface area contributed by atoms with E-state index in [9.17, 15) is 34.2 Å². The van der Waals surface area contributed by atoms with E-state index in [1.807, 2.05) is 0 Å². The number of phenolic OH excluding ortho intramolecular Hbond substituents is 1. The predicted octanol–water partition coefficient (Wildman–Crippen LogP) is -1.28. The number of benzene rings is 1. The Bertz CT molecular complexity index is 930. The van der Waals surface area contributed by atoms with Crippen molar-refractivity contribution < 1.29 is 39.3 Å². The first-order chi connectivity index (χ1) is 17.5. The van der Waals surface area contributed by atoms with Gasteiger partial charge in [0.2, 0.25) is 17.7 Å². The second-order valence-corrected chi connectivity index (χ2v) is 8.76. The van der Waals surface area contributed by atoms with Crippen LogP contribution < -0.4 is 27.4 Å². The number of hydrogen-bond acceptors (Lipinski definition) is 9. The molecule has 4 atom stereocenters. The lowest BCUT2D eigenvalue weighted by Crippen LogP contribution is -2.57. The van der Waals surface area contributed by atoms with E-state index in [1.165, 1.54) is 12.1 Å². The fraction of sp³-hybridized carbons (Fsp3) is 0.522. The van der Waals surface area contributed by atoms with E-state index in [2.05, 4.69) is 28.6 Å². The van der Waals surface area contributed by atoms with Crippen molar-refractivity contribution in [3.8, 4) is 5.75 Å². The molecule has 0 fully saturated rings. The number of carboxylic acids is 2. The number of nitrogens with two attached hydrogens (primary N) is 2. The van der Waals surface area contributed by atoms with E-state index in [4.69, 9.17) is 16.6 Å². The van der Waals surface area contributed by atoms with Crippen LogP contribution in [0.25, 0.3) is 0 Å². The molecule has 0 saturated heterocycles. The summed E-state index contributed by atoms with van der Waals surface area (Å²) in [5.74, 6) is -4.94. The summed E-state index contributed by atoms with van der Waals surface area (Å²) < 4.78 is 0. The van der Waals surface area contributed by atoms with Gasteiger partial charge in [0.25, 0.3) is 0 Å². The van der Waals surface area contributed by atoms with Gasteiger partial charge in [-0.15, -0.1) is 0 Å². The monoisotopic (exact) mass is 541 g/mol. The number of aromatic hydroxyl groups is 1. The molecule has 1 rings (SSSR count). The highest BCUT2D eigenvalue weighted by Gasteiger charge is 2.30. The van der Waals surface area contributed by atoms with Crippen LogP contribution in [0.5, 0.6) is 5.75 Å². The van der Waals surface area contributed by atoms with Crippen LogP contribution in [-0.2, 0) is 30.4 Å². The van der Waals surface area contributed by atoms with E-state index in [0.29, 0.717) is 24.9 Å². The zero-order valence-corrected chi connectivity index (χ0v) is 21.2. The molecule has 0 aliphatic carbocycles. The first kappa shape index (κ1) is 31.7. The summed E-state index contributed by atoms with van der Waals surface area (Å²) in [6.07, 6.45) is 0.481. The number of hydrogen-bond donors (Lipinski definition) is 9. The summed E-state index contributed by atoms with van der Waals surface area (Å²) in [4.78, 5) is 60.8. The number of unbranched alkanes of at least 4 members (excludes halogenated alkanes) is 1. The molecule has 0 spiro atoms. The highest BCUT2D eigenvalue weighted by molar-refractivity contribution is 7.80. The molecule has 4 unspecified atom stereocenters.